The molecule has 1 aliphatic rings. The molecule has 2 N–H and O–H groups in total. The van der Waals surface area contributed by atoms with Crippen LogP contribution in [0.2, 0.25) is 0 Å². The van der Waals surface area contributed by atoms with E-state index in [0.717, 1.165) is 62.9 Å². The Bertz CT molecular complexity index is 1430. The summed E-state index contributed by atoms with van der Waals surface area (Å²) in [7, 11) is 0. The number of fused-ring (bicyclic) bond motifs is 1. The predicted molar refractivity (Wildman–Crippen MR) is 147 cm³/mol. The van der Waals surface area contributed by atoms with Crippen LogP contribution in [0.1, 0.15) is 24.6 Å². The minimum Gasteiger partial charge on any atom is -0.317 e. The topological polar surface area (TPSA) is 75.6 Å². The monoisotopic (exact) mass is 534 g/mol. The van der Waals surface area contributed by atoms with E-state index in [1.165, 1.54) is 21.1 Å². The fourth-order valence-corrected chi connectivity index (χ4v) is 7.50. The minimum absolute atomic E-state index is 0.433. The molecule has 6 nitrogen and oxygen atoms in total. The summed E-state index contributed by atoms with van der Waals surface area (Å²) in [6, 6.07) is 16.7. The molecule has 4 aromatic heterocycles. The molecule has 5 aromatic rings. The molecule has 10 heteroatoms. The van der Waals surface area contributed by atoms with Gasteiger partial charge >= 0.3 is 0 Å². The molecule has 1 aliphatic heterocycles. The lowest BCUT2D eigenvalue weighted by atomic mass is 9.98. The highest BCUT2D eigenvalue weighted by molar-refractivity contribution is 8.00. The smallest absolute Gasteiger partial charge is 0.208 e. The van der Waals surface area contributed by atoms with Gasteiger partial charge in [0.1, 0.15) is 11.6 Å². The van der Waals surface area contributed by atoms with Crippen LogP contribution in [-0.4, -0.2) is 32.4 Å². The first-order valence-electron chi connectivity index (χ1n) is 11.4. The summed E-state index contributed by atoms with van der Waals surface area (Å²) in [5, 5.41) is 9.73. The Labute approximate surface area is 220 Å². The van der Waals surface area contributed by atoms with E-state index < -0.39 is 0 Å². The quantitative estimate of drug-likeness (QED) is 0.230. The van der Waals surface area contributed by atoms with Crippen LogP contribution in [0.25, 0.3) is 10.2 Å². The first-order chi connectivity index (χ1) is 17.3. The summed E-state index contributed by atoms with van der Waals surface area (Å²) in [4.78, 5) is 18.6. The standard InChI is InChI=1S/C25H22N6S4/c1-2-4-17(5-3-1)33-21-14-18(34-20-8-12-27-19-9-13-32-22(19)20)15-28-24(21)30-25-29-23(31-35-25)16-6-10-26-11-7-16/h1-5,8-9,12-16,26H,6-7,10-11H2,(H,28,29,30,31). The van der Waals surface area contributed by atoms with Crippen molar-refractivity contribution in [3.05, 3.63) is 72.1 Å². The number of nitrogens with one attached hydrogen (secondary N) is 2. The van der Waals surface area contributed by atoms with Gasteiger partial charge in [0.2, 0.25) is 5.13 Å². The van der Waals surface area contributed by atoms with Gasteiger partial charge in [-0.15, -0.1) is 11.3 Å². The van der Waals surface area contributed by atoms with Crippen LogP contribution in [0.5, 0.6) is 0 Å². The molecule has 1 saturated heterocycles. The summed E-state index contributed by atoms with van der Waals surface area (Å²) >= 11 is 6.55. The number of hydrogen-bond donors (Lipinski definition) is 2. The average molecular weight is 535 g/mol. The lowest BCUT2D eigenvalue weighted by Crippen LogP contribution is -2.27. The molecule has 6 rings (SSSR count). The Morgan fingerprint density at radius 2 is 1.80 bits per heavy atom. The lowest BCUT2D eigenvalue weighted by molar-refractivity contribution is 0.448. The summed E-state index contributed by atoms with van der Waals surface area (Å²) in [6.45, 7) is 2.06. The second-order valence-corrected chi connectivity index (χ2v) is 12.0. The van der Waals surface area contributed by atoms with Gasteiger partial charge in [0, 0.05) is 44.5 Å². The molecule has 1 fully saturated rings. The van der Waals surface area contributed by atoms with Crippen LogP contribution in [0.15, 0.2) is 85.9 Å². The maximum atomic E-state index is 4.82. The van der Waals surface area contributed by atoms with Crippen molar-refractivity contribution in [1.29, 1.82) is 0 Å². The summed E-state index contributed by atoms with van der Waals surface area (Å²) in [5.41, 5.74) is 1.03. The van der Waals surface area contributed by atoms with Gasteiger partial charge in [-0.25, -0.2) is 9.97 Å². The zero-order valence-electron chi connectivity index (χ0n) is 18.7. The number of rotatable bonds is 7. The predicted octanol–water partition coefficient (Wildman–Crippen LogP) is 7.06. The average Bonchev–Trinajstić information content (AvgIpc) is 3.57. The van der Waals surface area contributed by atoms with Gasteiger partial charge in [0.15, 0.2) is 0 Å². The molecular formula is C25H22N6S4. The minimum atomic E-state index is 0.433. The van der Waals surface area contributed by atoms with Crippen molar-refractivity contribution in [2.24, 2.45) is 0 Å². The Hall–Kier alpha value is -2.50. The maximum absolute atomic E-state index is 4.82. The van der Waals surface area contributed by atoms with E-state index >= 15 is 0 Å². The SMILES string of the molecule is c1ccc(Sc2cc(Sc3ccnc4ccsc34)cnc2Nc2nc(C3CCNCC3)ns2)cc1. The third kappa shape index (κ3) is 5.36. The van der Waals surface area contributed by atoms with E-state index in [0.29, 0.717) is 5.92 Å². The fourth-order valence-electron chi connectivity index (χ4n) is 3.96. The van der Waals surface area contributed by atoms with Crippen molar-refractivity contribution < 1.29 is 0 Å². The van der Waals surface area contributed by atoms with Gasteiger partial charge in [-0.1, -0.05) is 41.7 Å². The molecule has 0 bridgehead atoms. The van der Waals surface area contributed by atoms with Crippen LogP contribution < -0.4 is 10.6 Å². The molecule has 5 heterocycles. The van der Waals surface area contributed by atoms with E-state index in [2.05, 4.69) is 67.8 Å². The van der Waals surface area contributed by atoms with Gasteiger partial charge in [0.05, 0.1) is 15.1 Å². The largest absolute Gasteiger partial charge is 0.317 e. The summed E-state index contributed by atoms with van der Waals surface area (Å²) < 4.78 is 5.85. The van der Waals surface area contributed by atoms with Crippen LogP contribution in [0.3, 0.4) is 0 Å². The van der Waals surface area contributed by atoms with E-state index in [9.17, 15) is 0 Å². The van der Waals surface area contributed by atoms with Gasteiger partial charge in [-0.3, -0.25) is 4.98 Å². The molecule has 0 radical (unpaired) electrons. The number of nitrogens with zero attached hydrogens (tertiary/aromatic N) is 4. The highest BCUT2D eigenvalue weighted by atomic mass is 32.2. The number of hydrogen-bond acceptors (Lipinski definition) is 10. The molecule has 0 amide bonds. The lowest BCUT2D eigenvalue weighted by Gasteiger charge is -2.19. The second kappa shape index (κ2) is 10.6. The van der Waals surface area contributed by atoms with Crippen molar-refractivity contribution in [3.63, 3.8) is 0 Å². The highest BCUT2D eigenvalue weighted by Crippen LogP contribution is 2.40. The Morgan fingerprint density at radius 1 is 0.943 bits per heavy atom. The molecule has 176 valence electrons. The molecule has 35 heavy (non-hydrogen) atoms. The Morgan fingerprint density at radius 3 is 2.69 bits per heavy atom. The molecule has 0 unspecified atom stereocenters. The first-order valence-corrected chi connectivity index (χ1v) is 14.6. The third-order valence-electron chi connectivity index (χ3n) is 5.71. The van der Waals surface area contributed by atoms with Crippen molar-refractivity contribution in [1.82, 2.24) is 24.6 Å². The first kappa shape index (κ1) is 22.9. The number of thiophene rings is 1. The van der Waals surface area contributed by atoms with Crippen molar-refractivity contribution in [2.45, 2.75) is 38.3 Å². The molecule has 0 saturated carbocycles. The van der Waals surface area contributed by atoms with E-state index in [1.807, 2.05) is 18.5 Å². The zero-order chi connectivity index (χ0) is 23.5. The van der Waals surface area contributed by atoms with Crippen molar-refractivity contribution in [3.8, 4) is 0 Å². The van der Waals surface area contributed by atoms with Crippen LogP contribution in [0, 0.1) is 0 Å². The van der Waals surface area contributed by atoms with Crippen LogP contribution in [0.4, 0.5) is 10.9 Å². The zero-order valence-corrected chi connectivity index (χ0v) is 21.9. The second-order valence-electron chi connectivity index (χ2n) is 8.09. The normalized spacial score (nSPS) is 14.4. The number of piperidine rings is 1. The van der Waals surface area contributed by atoms with E-state index in [4.69, 9.17) is 9.97 Å². The number of aromatic nitrogens is 4. The summed E-state index contributed by atoms with van der Waals surface area (Å²) in [5.74, 6) is 2.18. The molecular weight excluding hydrogens is 513 g/mol. The van der Waals surface area contributed by atoms with Crippen LogP contribution >= 0.6 is 46.4 Å². The Balaban J connectivity index is 1.29. The molecule has 0 atom stereocenters. The van der Waals surface area contributed by atoms with E-state index in [1.54, 1.807) is 34.9 Å². The van der Waals surface area contributed by atoms with Gasteiger partial charge in [-0.05, 0) is 61.6 Å². The maximum Gasteiger partial charge on any atom is 0.208 e. The molecule has 0 spiro atoms. The molecule has 1 aromatic carbocycles. The van der Waals surface area contributed by atoms with Gasteiger partial charge in [0.25, 0.3) is 0 Å². The number of pyridine rings is 2. The number of anilines is 2. The van der Waals surface area contributed by atoms with Gasteiger partial charge in [-0.2, -0.15) is 4.37 Å². The van der Waals surface area contributed by atoms with Crippen LogP contribution in [-0.2, 0) is 0 Å². The highest BCUT2D eigenvalue weighted by Gasteiger charge is 2.20. The van der Waals surface area contributed by atoms with Crippen molar-refractivity contribution >= 4 is 67.6 Å². The van der Waals surface area contributed by atoms with E-state index in [-0.39, 0.29) is 0 Å². The van der Waals surface area contributed by atoms with Crippen molar-refractivity contribution in [2.75, 3.05) is 18.4 Å². The van der Waals surface area contributed by atoms with Gasteiger partial charge < -0.3 is 10.6 Å². The third-order valence-corrected chi connectivity index (χ3v) is 9.47. The fraction of sp³-hybridized carbons (Fsp3) is 0.200. The summed E-state index contributed by atoms with van der Waals surface area (Å²) in [6.07, 6.45) is 5.97. The Kier molecular flexibility index (Phi) is 6.97. The molecule has 0 aliphatic carbocycles. The number of benzene rings is 1.